The molecule has 2 aromatic heterocycles. The summed E-state index contributed by atoms with van der Waals surface area (Å²) in [6, 6.07) is 2.02. The van der Waals surface area contributed by atoms with Crippen molar-refractivity contribution in [2.75, 3.05) is 0 Å². The number of pyridine rings is 1. The van der Waals surface area contributed by atoms with Crippen molar-refractivity contribution >= 4 is 11.0 Å². The van der Waals surface area contributed by atoms with Gasteiger partial charge in [-0.1, -0.05) is 0 Å². The van der Waals surface area contributed by atoms with E-state index in [0.717, 1.165) is 23.3 Å². The first-order valence-electron chi connectivity index (χ1n) is 4.30. The summed E-state index contributed by atoms with van der Waals surface area (Å²) >= 11 is 0. The van der Waals surface area contributed by atoms with E-state index < -0.39 is 0 Å². The second-order valence-electron chi connectivity index (χ2n) is 3.26. The lowest BCUT2D eigenvalue weighted by atomic mass is 10.2. The number of fused-ring (bicyclic) bond motifs is 1. The van der Waals surface area contributed by atoms with Crippen LogP contribution in [-0.2, 0) is 6.42 Å². The summed E-state index contributed by atoms with van der Waals surface area (Å²) in [6.07, 6.45) is 4.28. The van der Waals surface area contributed by atoms with E-state index in [-0.39, 0.29) is 6.04 Å². The minimum atomic E-state index is 0.133. The lowest BCUT2D eigenvalue weighted by molar-refractivity contribution is 0.712. The van der Waals surface area contributed by atoms with E-state index in [2.05, 4.69) is 15.0 Å². The van der Waals surface area contributed by atoms with Gasteiger partial charge in [-0.3, -0.25) is 4.98 Å². The maximum atomic E-state index is 5.67. The highest BCUT2D eigenvalue weighted by atomic mass is 14.9. The van der Waals surface area contributed by atoms with E-state index in [0.29, 0.717) is 0 Å². The number of hydrogen-bond donors (Lipinski definition) is 2. The first kappa shape index (κ1) is 8.19. The van der Waals surface area contributed by atoms with Gasteiger partial charge in [0.05, 0.1) is 17.2 Å². The van der Waals surface area contributed by atoms with Crippen molar-refractivity contribution in [3.63, 3.8) is 0 Å². The molecule has 0 aliphatic carbocycles. The Bertz CT molecular complexity index is 372. The predicted molar refractivity (Wildman–Crippen MR) is 51.2 cm³/mol. The highest BCUT2D eigenvalue weighted by molar-refractivity contribution is 5.73. The molecule has 0 aliphatic heterocycles. The number of rotatable bonds is 2. The third-order valence-corrected chi connectivity index (χ3v) is 1.85. The van der Waals surface area contributed by atoms with Gasteiger partial charge in [-0.05, 0) is 13.0 Å². The normalized spacial score (nSPS) is 13.4. The number of aromatic amines is 1. The van der Waals surface area contributed by atoms with Gasteiger partial charge in [0.25, 0.3) is 0 Å². The van der Waals surface area contributed by atoms with Crippen molar-refractivity contribution in [1.82, 2.24) is 15.0 Å². The summed E-state index contributed by atoms with van der Waals surface area (Å²) in [5, 5.41) is 0. The van der Waals surface area contributed by atoms with Gasteiger partial charge in [0.2, 0.25) is 0 Å². The summed E-state index contributed by atoms with van der Waals surface area (Å²) in [5.74, 6) is 0.929. The third kappa shape index (κ3) is 1.67. The maximum Gasteiger partial charge on any atom is 0.108 e. The molecule has 4 nitrogen and oxygen atoms in total. The fourth-order valence-corrected chi connectivity index (χ4v) is 1.31. The molecule has 0 bridgehead atoms. The van der Waals surface area contributed by atoms with Crippen LogP contribution in [0, 0.1) is 0 Å². The van der Waals surface area contributed by atoms with Gasteiger partial charge in [-0.25, -0.2) is 4.98 Å². The van der Waals surface area contributed by atoms with E-state index in [4.69, 9.17) is 5.73 Å². The van der Waals surface area contributed by atoms with Crippen LogP contribution >= 0.6 is 0 Å². The van der Waals surface area contributed by atoms with Crippen LogP contribution in [0.2, 0.25) is 0 Å². The Morgan fingerprint density at radius 1 is 1.62 bits per heavy atom. The van der Waals surface area contributed by atoms with Gasteiger partial charge in [0.15, 0.2) is 0 Å². The van der Waals surface area contributed by atoms with Crippen molar-refractivity contribution in [3.8, 4) is 0 Å². The fourth-order valence-electron chi connectivity index (χ4n) is 1.31. The summed E-state index contributed by atoms with van der Waals surface area (Å²) in [5.41, 5.74) is 7.59. The number of nitrogens with one attached hydrogen (secondary N) is 1. The van der Waals surface area contributed by atoms with Crippen molar-refractivity contribution in [2.24, 2.45) is 5.73 Å². The second kappa shape index (κ2) is 3.14. The molecule has 4 heteroatoms. The average molecular weight is 176 g/mol. The number of nitrogens with zero attached hydrogens (tertiary/aromatic N) is 2. The topological polar surface area (TPSA) is 67.6 Å². The first-order chi connectivity index (χ1) is 6.25. The van der Waals surface area contributed by atoms with Crippen LogP contribution in [-0.4, -0.2) is 21.0 Å². The molecule has 0 fully saturated rings. The Labute approximate surface area is 76.2 Å². The predicted octanol–water partition coefficient (Wildman–Crippen LogP) is 0.848. The van der Waals surface area contributed by atoms with Crippen molar-refractivity contribution in [2.45, 2.75) is 19.4 Å². The SMILES string of the molecule is CC(N)Cc1nc2ccncc2[nH]1. The number of H-pyrrole nitrogens is 1. The monoisotopic (exact) mass is 176 g/mol. The molecule has 68 valence electrons. The van der Waals surface area contributed by atoms with Gasteiger partial charge in [-0.2, -0.15) is 0 Å². The summed E-state index contributed by atoms with van der Waals surface area (Å²) in [4.78, 5) is 11.6. The minimum absolute atomic E-state index is 0.133. The maximum absolute atomic E-state index is 5.67. The molecule has 0 aromatic carbocycles. The molecule has 0 amide bonds. The molecular weight excluding hydrogens is 164 g/mol. The molecule has 0 saturated carbocycles. The van der Waals surface area contributed by atoms with Crippen molar-refractivity contribution < 1.29 is 0 Å². The van der Waals surface area contributed by atoms with Crippen LogP contribution in [0.3, 0.4) is 0 Å². The summed E-state index contributed by atoms with van der Waals surface area (Å²) in [7, 11) is 0. The molecule has 3 N–H and O–H groups in total. The Balaban J connectivity index is 2.38. The van der Waals surface area contributed by atoms with Gasteiger partial charge in [0, 0.05) is 18.7 Å². The first-order valence-corrected chi connectivity index (χ1v) is 4.30. The Kier molecular flexibility index (Phi) is 1.98. The fraction of sp³-hybridized carbons (Fsp3) is 0.333. The lowest BCUT2D eigenvalue weighted by Crippen LogP contribution is -2.18. The van der Waals surface area contributed by atoms with Crippen LogP contribution in [0.15, 0.2) is 18.5 Å². The minimum Gasteiger partial charge on any atom is -0.341 e. The van der Waals surface area contributed by atoms with Crippen molar-refractivity contribution in [1.29, 1.82) is 0 Å². The smallest absolute Gasteiger partial charge is 0.108 e. The second-order valence-corrected chi connectivity index (χ2v) is 3.26. The van der Waals surface area contributed by atoms with E-state index in [1.54, 1.807) is 12.4 Å². The number of aromatic nitrogens is 3. The van der Waals surface area contributed by atoms with E-state index >= 15 is 0 Å². The Morgan fingerprint density at radius 2 is 2.46 bits per heavy atom. The molecule has 2 heterocycles. The number of imidazole rings is 1. The van der Waals surface area contributed by atoms with Gasteiger partial charge < -0.3 is 10.7 Å². The summed E-state index contributed by atoms with van der Waals surface area (Å²) < 4.78 is 0. The summed E-state index contributed by atoms with van der Waals surface area (Å²) in [6.45, 7) is 1.96. The van der Waals surface area contributed by atoms with E-state index in [9.17, 15) is 0 Å². The standard InChI is InChI=1S/C9H12N4/c1-6(10)4-9-12-7-2-3-11-5-8(7)13-9/h2-3,5-6H,4,10H2,1H3,(H,12,13). The van der Waals surface area contributed by atoms with Crippen LogP contribution in [0.5, 0.6) is 0 Å². The quantitative estimate of drug-likeness (QED) is 0.712. The zero-order valence-corrected chi connectivity index (χ0v) is 7.49. The molecule has 13 heavy (non-hydrogen) atoms. The van der Waals surface area contributed by atoms with Crippen LogP contribution in [0.25, 0.3) is 11.0 Å². The molecule has 1 unspecified atom stereocenters. The van der Waals surface area contributed by atoms with Gasteiger partial charge >= 0.3 is 0 Å². The average Bonchev–Trinajstić information content (AvgIpc) is 2.44. The van der Waals surface area contributed by atoms with Gasteiger partial charge in [0.1, 0.15) is 5.82 Å². The molecule has 0 saturated heterocycles. The van der Waals surface area contributed by atoms with E-state index in [1.807, 2.05) is 13.0 Å². The number of hydrogen-bond acceptors (Lipinski definition) is 3. The highest BCUT2D eigenvalue weighted by Gasteiger charge is 2.03. The largest absolute Gasteiger partial charge is 0.341 e. The third-order valence-electron chi connectivity index (χ3n) is 1.85. The Hall–Kier alpha value is -1.42. The zero-order chi connectivity index (χ0) is 9.26. The highest BCUT2D eigenvalue weighted by Crippen LogP contribution is 2.09. The molecule has 2 aromatic rings. The molecule has 2 rings (SSSR count). The van der Waals surface area contributed by atoms with Gasteiger partial charge in [-0.15, -0.1) is 0 Å². The van der Waals surface area contributed by atoms with Crippen LogP contribution in [0.4, 0.5) is 0 Å². The van der Waals surface area contributed by atoms with Crippen LogP contribution in [0.1, 0.15) is 12.7 Å². The Morgan fingerprint density at radius 3 is 3.15 bits per heavy atom. The molecule has 1 atom stereocenters. The van der Waals surface area contributed by atoms with E-state index in [1.165, 1.54) is 0 Å². The molecule has 0 radical (unpaired) electrons. The lowest BCUT2D eigenvalue weighted by Gasteiger charge is -1.98. The number of nitrogens with two attached hydrogens (primary N) is 1. The zero-order valence-electron chi connectivity index (χ0n) is 7.49. The van der Waals surface area contributed by atoms with Crippen LogP contribution < -0.4 is 5.73 Å². The molecular formula is C9H12N4. The molecule has 0 spiro atoms. The molecule has 0 aliphatic rings. The van der Waals surface area contributed by atoms with Crippen molar-refractivity contribution in [3.05, 3.63) is 24.3 Å².